The van der Waals surface area contributed by atoms with Crippen molar-refractivity contribution in [3.8, 4) is 0 Å². The lowest BCUT2D eigenvalue weighted by molar-refractivity contribution is 0.204. The van der Waals surface area contributed by atoms with Crippen molar-refractivity contribution < 1.29 is 13.5 Å². The van der Waals surface area contributed by atoms with Gasteiger partial charge in [0.05, 0.1) is 11.9 Å². The number of hydrogen-bond donors (Lipinski definition) is 2. The molecule has 78 valence electrons. The van der Waals surface area contributed by atoms with Crippen molar-refractivity contribution in [3.05, 3.63) is 0 Å². The van der Waals surface area contributed by atoms with Gasteiger partial charge in [-0.05, 0) is 12.8 Å². The number of rotatable bonds is 4. The average Bonchev–Trinajstić information content (AvgIpc) is 2.55. The summed E-state index contributed by atoms with van der Waals surface area (Å²) in [6, 6.07) is 0. The number of aliphatic hydroxyl groups is 1. The fourth-order valence-electron chi connectivity index (χ4n) is 1.38. The van der Waals surface area contributed by atoms with E-state index in [1.165, 1.54) is 4.31 Å². The summed E-state index contributed by atoms with van der Waals surface area (Å²) in [5.41, 5.74) is 5.14. The molecule has 1 unspecified atom stereocenters. The predicted molar refractivity (Wildman–Crippen MR) is 49.7 cm³/mol. The Kier molecular flexibility index (Phi) is 3.66. The Labute approximate surface area is 78.6 Å². The molecule has 0 saturated carbocycles. The van der Waals surface area contributed by atoms with E-state index >= 15 is 0 Å². The van der Waals surface area contributed by atoms with Crippen molar-refractivity contribution in [2.75, 3.05) is 25.4 Å². The molecule has 1 fully saturated rings. The minimum absolute atomic E-state index is 0.00687. The summed E-state index contributed by atoms with van der Waals surface area (Å²) in [5, 5.41) is 9.12. The van der Waals surface area contributed by atoms with Gasteiger partial charge in [0.25, 0.3) is 0 Å². The molecular formula is C7H16N2O3S. The highest BCUT2D eigenvalue weighted by Gasteiger charge is 2.26. The van der Waals surface area contributed by atoms with Gasteiger partial charge in [-0.25, -0.2) is 12.7 Å². The maximum atomic E-state index is 11.5. The van der Waals surface area contributed by atoms with Gasteiger partial charge >= 0.3 is 0 Å². The van der Waals surface area contributed by atoms with Crippen LogP contribution in [0.4, 0.5) is 0 Å². The maximum Gasteiger partial charge on any atom is 0.216 e. The molecule has 1 aliphatic rings. The Hall–Kier alpha value is -0.170. The molecule has 0 aromatic rings. The van der Waals surface area contributed by atoms with Crippen molar-refractivity contribution in [2.24, 2.45) is 5.73 Å². The van der Waals surface area contributed by atoms with Gasteiger partial charge in [-0.2, -0.15) is 0 Å². The van der Waals surface area contributed by atoms with Crippen LogP contribution < -0.4 is 5.73 Å². The first-order chi connectivity index (χ1) is 6.06. The molecule has 1 atom stereocenters. The van der Waals surface area contributed by atoms with Crippen molar-refractivity contribution in [2.45, 2.75) is 18.9 Å². The number of aliphatic hydroxyl groups excluding tert-OH is 1. The van der Waals surface area contributed by atoms with E-state index in [1.807, 2.05) is 0 Å². The fourth-order valence-corrected chi connectivity index (χ4v) is 3.03. The molecule has 0 aromatic carbocycles. The highest BCUT2D eigenvalue weighted by Crippen LogP contribution is 2.13. The van der Waals surface area contributed by atoms with Crippen molar-refractivity contribution in [1.29, 1.82) is 0 Å². The first kappa shape index (κ1) is 10.9. The smallest absolute Gasteiger partial charge is 0.216 e. The second-order valence-corrected chi connectivity index (χ2v) is 5.29. The summed E-state index contributed by atoms with van der Waals surface area (Å²) >= 11 is 0. The van der Waals surface area contributed by atoms with Crippen LogP contribution in [0.5, 0.6) is 0 Å². The Bertz CT molecular complexity index is 246. The minimum Gasteiger partial charge on any atom is -0.391 e. The van der Waals surface area contributed by atoms with Crippen LogP contribution in [0.25, 0.3) is 0 Å². The number of hydrogen-bond acceptors (Lipinski definition) is 4. The monoisotopic (exact) mass is 208 g/mol. The van der Waals surface area contributed by atoms with Crippen LogP contribution in [-0.2, 0) is 10.0 Å². The highest BCUT2D eigenvalue weighted by atomic mass is 32.2. The molecule has 13 heavy (non-hydrogen) atoms. The van der Waals surface area contributed by atoms with E-state index in [2.05, 4.69) is 0 Å². The molecule has 1 heterocycles. The third kappa shape index (κ3) is 2.91. The van der Waals surface area contributed by atoms with Gasteiger partial charge < -0.3 is 10.8 Å². The largest absolute Gasteiger partial charge is 0.391 e. The molecule has 1 rings (SSSR count). The molecule has 0 bridgehead atoms. The van der Waals surface area contributed by atoms with Crippen molar-refractivity contribution >= 4 is 10.0 Å². The molecule has 5 nitrogen and oxygen atoms in total. The van der Waals surface area contributed by atoms with Gasteiger partial charge in [-0.1, -0.05) is 0 Å². The number of nitrogens with zero attached hydrogens (tertiary/aromatic N) is 1. The molecular weight excluding hydrogens is 192 g/mol. The summed E-state index contributed by atoms with van der Waals surface area (Å²) in [6.07, 6.45) is 0.890. The van der Waals surface area contributed by atoms with Gasteiger partial charge in [-0.15, -0.1) is 0 Å². The van der Waals surface area contributed by atoms with E-state index in [9.17, 15) is 8.42 Å². The van der Waals surface area contributed by atoms with Crippen LogP contribution in [0, 0.1) is 0 Å². The molecule has 0 spiro atoms. The molecule has 6 heteroatoms. The fraction of sp³-hybridized carbons (Fsp3) is 1.00. The summed E-state index contributed by atoms with van der Waals surface area (Å²) in [7, 11) is -3.27. The van der Waals surface area contributed by atoms with E-state index in [0.717, 1.165) is 12.8 Å². The third-order valence-corrected chi connectivity index (χ3v) is 4.09. The van der Waals surface area contributed by atoms with E-state index in [-0.39, 0.29) is 12.3 Å². The van der Waals surface area contributed by atoms with Crippen LogP contribution in [-0.4, -0.2) is 49.3 Å². The quantitative estimate of drug-likeness (QED) is 0.603. The Balaban J connectivity index is 2.54. The van der Waals surface area contributed by atoms with E-state index in [0.29, 0.717) is 13.1 Å². The number of sulfonamides is 1. The van der Waals surface area contributed by atoms with Gasteiger partial charge in [0.15, 0.2) is 0 Å². The van der Waals surface area contributed by atoms with E-state index < -0.39 is 16.1 Å². The van der Waals surface area contributed by atoms with Crippen LogP contribution in [0.2, 0.25) is 0 Å². The predicted octanol–water partition coefficient (Wildman–Crippen LogP) is -1.27. The molecule has 0 aliphatic carbocycles. The Morgan fingerprint density at radius 1 is 1.38 bits per heavy atom. The van der Waals surface area contributed by atoms with Crippen molar-refractivity contribution in [3.63, 3.8) is 0 Å². The average molecular weight is 208 g/mol. The zero-order chi connectivity index (χ0) is 9.90. The molecule has 1 saturated heterocycles. The second kappa shape index (κ2) is 4.36. The lowest BCUT2D eigenvalue weighted by Crippen LogP contribution is -2.37. The lowest BCUT2D eigenvalue weighted by Gasteiger charge is -2.17. The Morgan fingerprint density at radius 2 is 1.92 bits per heavy atom. The zero-order valence-corrected chi connectivity index (χ0v) is 8.33. The Morgan fingerprint density at radius 3 is 2.38 bits per heavy atom. The molecule has 0 radical (unpaired) electrons. The lowest BCUT2D eigenvalue weighted by atomic mass is 10.4. The molecule has 0 aromatic heterocycles. The highest BCUT2D eigenvalue weighted by molar-refractivity contribution is 7.89. The first-order valence-corrected chi connectivity index (χ1v) is 6.03. The van der Waals surface area contributed by atoms with E-state index in [4.69, 9.17) is 10.8 Å². The van der Waals surface area contributed by atoms with Gasteiger partial charge in [0.1, 0.15) is 0 Å². The van der Waals surface area contributed by atoms with E-state index in [1.54, 1.807) is 0 Å². The molecule has 1 aliphatic heterocycles. The first-order valence-electron chi connectivity index (χ1n) is 4.42. The second-order valence-electron chi connectivity index (χ2n) is 3.27. The SMILES string of the molecule is NCC(O)CS(=O)(=O)N1CCCC1. The summed E-state index contributed by atoms with van der Waals surface area (Å²) in [5.74, 6) is -0.247. The van der Waals surface area contributed by atoms with Crippen LogP contribution >= 0.6 is 0 Å². The summed E-state index contributed by atoms with van der Waals surface area (Å²) in [6.45, 7) is 1.16. The molecule has 3 N–H and O–H groups in total. The summed E-state index contributed by atoms with van der Waals surface area (Å²) < 4.78 is 24.4. The van der Waals surface area contributed by atoms with Gasteiger partial charge in [0.2, 0.25) is 10.0 Å². The van der Waals surface area contributed by atoms with Crippen molar-refractivity contribution in [1.82, 2.24) is 4.31 Å². The van der Waals surface area contributed by atoms with Gasteiger partial charge in [0, 0.05) is 19.6 Å². The van der Waals surface area contributed by atoms with Crippen LogP contribution in [0.3, 0.4) is 0 Å². The zero-order valence-electron chi connectivity index (χ0n) is 7.52. The standard InChI is InChI=1S/C7H16N2O3S/c8-5-7(10)6-13(11,12)9-3-1-2-4-9/h7,10H,1-6,8H2. The number of nitrogens with two attached hydrogens (primary N) is 1. The minimum atomic E-state index is -3.27. The van der Waals surface area contributed by atoms with Crippen LogP contribution in [0.15, 0.2) is 0 Å². The van der Waals surface area contributed by atoms with Gasteiger partial charge in [-0.3, -0.25) is 0 Å². The topological polar surface area (TPSA) is 83.6 Å². The molecule has 0 amide bonds. The third-order valence-electron chi connectivity index (χ3n) is 2.13. The summed E-state index contributed by atoms with van der Waals surface area (Å²) in [4.78, 5) is 0. The van der Waals surface area contributed by atoms with Crippen LogP contribution in [0.1, 0.15) is 12.8 Å². The maximum absolute atomic E-state index is 11.5. The normalized spacial score (nSPS) is 22.0.